The van der Waals surface area contributed by atoms with E-state index in [1.165, 1.54) is 11.3 Å². The number of primary amides is 1. The Kier molecular flexibility index (Phi) is 4.60. The number of nitrogens with one attached hydrogen (secondary N) is 3. The van der Waals surface area contributed by atoms with Crippen LogP contribution in [0.2, 0.25) is 0 Å². The van der Waals surface area contributed by atoms with Gasteiger partial charge in [-0.3, -0.25) is 15.0 Å². The van der Waals surface area contributed by atoms with Gasteiger partial charge in [0.2, 0.25) is 5.91 Å². The number of aliphatic hydroxyl groups is 1. The largest absolute Gasteiger partial charge is 0.373 e. The number of hydrogen-bond donors (Lipinski definition) is 5. The molecule has 0 spiro atoms. The second-order valence-corrected chi connectivity index (χ2v) is 7.84. The van der Waals surface area contributed by atoms with Crippen LogP contribution in [0.4, 0.5) is 5.00 Å². The molecule has 1 aliphatic carbocycles. The lowest BCUT2D eigenvalue weighted by atomic mass is 9.79. The molecule has 6 N–H and O–H groups in total. The molecular formula is C14H18N4O3S2. The van der Waals surface area contributed by atoms with Crippen molar-refractivity contribution in [1.82, 2.24) is 5.32 Å². The molecule has 1 saturated heterocycles. The molecule has 1 saturated carbocycles. The van der Waals surface area contributed by atoms with Crippen molar-refractivity contribution in [3.8, 4) is 0 Å². The third-order valence-corrected chi connectivity index (χ3v) is 6.15. The number of amides is 2. The molecule has 0 bridgehead atoms. The lowest BCUT2D eigenvalue weighted by molar-refractivity contribution is -0.116. The van der Waals surface area contributed by atoms with Crippen LogP contribution in [0.1, 0.15) is 47.5 Å². The summed E-state index contributed by atoms with van der Waals surface area (Å²) in [5.41, 5.74) is 6.84. The van der Waals surface area contributed by atoms with Crippen LogP contribution >= 0.6 is 23.1 Å². The van der Waals surface area contributed by atoms with E-state index in [-0.39, 0.29) is 17.5 Å². The zero-order valence-electron chi connectivity index (χ0n) is 12.3. The Bertz CT molecular complexity index is 656. The SMILES string of the molecule is N=C1NC(O)C(CC(=O)Nc2scc(C3CCC3)c2C(N)=O)S1. The highest BCUT2D eigenvalue weighted by Gasteiger charge is 2.32. The molecule has 1 aromatic heterocycles. The summed E-state index contributed by atoms with van der Waals surface area (Å²) in [6.07, 6.45) is 2.38. The van der Waals surface area contributed by atoms with Crippen molar-refractivity contribution in [2.24, 2.45) is 5.73 Å². The van der Waals surface area contributed by atoms with Crippen molar-refractivity contribution in [3.05, 3.63) is 16.5 Å². The van der Waals surface area contributed by atoms with Gasteiger partial charge >= 0.3 is 0 Å². The van der Waals surface area contributed by atoms with Gasteiger partial charge in [0, 0.05) is 6.42 Å². The third-order valence-electron chi connectivity index (χ3n) is 4.15. The van der Waals surface area contributed by atoms with Crippen LogP contribution < -0.4 is 16.4 Å². The number of carbonyl (C=O) groups excluding carboxylic acids is 2. The molecule has 124 valence electrons. The van der Waals surface area contributed by atoms with Crippen molar-refractivity contribution in [3.63, 3.8) is 0 Å². The average Bonchev–Trinajstić information content (AvgIpc) is 2.92. The maximum Gasteiger partial charge on any atom is 0.251 e. The van der Waals surface area contributed by atoms with Gasteiger partial charge in [-0.15, -0.1) is 11.3 Å². The second-order valence-electron chi connectivity index (χ2n) is 5.71. The van der Waals surface area contributed by atoms with Crippen molar-refractivity contribution in [2.45, 2.75) is 43.1 Å². The molecular weight excluding hydrogens is 336 g/mol. The van der Waals surface area contributed by atoms with Gasteiger partial charge in [-0.2, -0.15) is 0 Å². The van der Waals surface area contributed by atoms with E-state index < -0.39 is 17.4 Å². The van der Waals surface area contributed by atoms with E-state index in [2.05, 4.69) is 10.6 Å². The number of thiophene rings is 1. The summed E-state index contributed by atoms with van der Waals surface area (Å²) in [5, 5.41) is 24.6. The first kappa shape index (κ1) is 16.3. The minimum absolute atomic E-state index is 0.0517. The van der Waals surface area contributed by atoms with Crippen molar-refractivity contribution >= 4 is 45.1 Å². The normalized spacial score (nSPS) is 24.1. The number of amidine groups is 1. The van der Waals surface area contributed by atoms with E-state index in [1.54, 1.807) is 0 Å². The highest BCUT2D eigenvalue weighted by molar-refractivity contribution is 8.14. The smallest absolute Gasteiger partial charge is 0.251 e. The molecule has 0 radical (unpaired) electrons. The van der Waals surface area contributed by atoms with Gasteiger partial charge in [0.05, 0.1) is 10.8 Å². The number of hydrogen-bond acceptors (Lipinski definition) is 6. The summed E-state index contributed by atoms with van der Waals surface area (Å²) in [7, 11) is 0. The molecule has 23 heavy (non-hydrogen) atoms. The standard InChI is InChI=1S/C14H18N4O3S2/c15-11(20)10-7(6-2-1-3-6)5-22-13(10)17-9(19)4-8-12(21)18-14(16)23-8/h5-6,8,12,21H,1-4H2,(H2,15,20)(H2,16,18)(H,17,19). The van der Waals surface area contributed by atoms with Gasteiger partial charge in [-0.05, 0) is 29.7 Å². The molecule has 1 aliphatic heterocycles. The number of anilines is 1. The van der Waals surface area contributed by atoms with Gasteiger partial charge in [0.15, 0.2) is 5.17 Å². The van der Waals surface area contributed by atoms with Crippen LogP contribution in [-0.4, -0.2) is 33.6 Å². The van der Waals surface area contributed by atoms with E-state index in [0.717, 1.165) is 36.6 Å². The van der Waals surface area contributed by atoms with Crippen LogP contribution in [0.25, 0.3) is 0 Å². The fraction of sp³-hybridized carbons (Fsp3) is 0.500. The van der Waals surface area contributed by atoms with Crippen molar-refractivity contribution < 1.29 is 14.7 Å². The molecule has 2 heterocycles. The topological polar surface area (TPSA) is 128 Å². The van der Waals surface area contributed by atoms with E-state index in [9.17, 15) is 14.7 Å². The van der Waals surface area contributed by atoms with Crippen molar-refractivity contribution in [2.75, 3.05) is 5.32 Å². The summed E-state index contributed by atoms with van der Waals surface area (Å²) in [6, 6.07) is 0. The highest BCUT2D eigenvalue weighted by Crippen LogP contribution is 2.42. The maximum atomic E-state index is 12.2. The Hall–Kier alpha value is -1.58. The molecule has 2 aliphatic rings. The summed E-state index contributed by atoms with van der Waals surface area (Å²) < 4.78 is 0. The summed E-state index contributed by atoms with van der Waals surface area (Å²) >= 11 is 2.43. The predicted molar refractivity (Wildman–Crippen MR) is 90.9 cm³/mol. The van der Waals surface area contributed by atoms with E-state index in [4.69, 9.17) is 11.1 Å². The first-order valence-electron chi connectivity index (χ1n) is 7.36. The fourth-order valence-electron chi connectivity index (χ4n) is 2.73. The molecule has 2 fully saturated rings. The van der Waals surface area contributed by atoms with Crippen LogP contribution in [0.5, 0.6) is 0 Å². The van der Waals surface area contributed by atoms with Crippen LogP contribution in [-0.2, 0) is 4.79 Å². The first-order chi connectivity index (χ1) is 11.0. The Morgan fingerprint density at radius 2 is 2.22 bits per heavy atom. The monoisotopic (exact) mass is 354 g/mol. The van der Waals surface area contributed by atoms with Gasteiger partial charge in [0.1, 0.15) is 11.2 Å². The van der Waals surface area contributed by atoms with Gasteiger partial charge < -0.3 is 21.5 Å². The van der Waals surface area contributed by atoms with Crippen LogP contribution in [0, 0.1) is 5.41 Å². The molecule has 7 nitrogen and oxygen atoms in total. The summed E-state index contributed by atoms with van der Waals surface area (Å²) in [4.78, 5) is 23.9. The molecule has 2 unspecified atom stereocenters. The van der Waals surface area contributed by atoms with Gasteiger partial charge in [-0.1, -0.05) is 18.2 Å². The number of nitrogens with two attached hydrogens (primary N) is 1. The molecule has 9 heteroatoms. The summed E-state index contributed by atoms with van der Waals surface area (Å²) in [5.74, 6) is -0.471. The lowest BCUT2D eigenvalue weighted by Crippen LogP contribution is -2.33. The highest BCUT2D eigenvalue weighted by atomic mass is 32.2. The fourth-order valence-corrected chi connectivity index (χ4v) is 4.72. The van der Waals surface area contributed by atoms with E-state index in [0.29, 0.717) is 16.5 Å². The molecule has 3 rings (SSSR count). The Morgan fingerprint density at radius 1 is 1.48 bits per heavy atom. The van der Waals surface area contributed by atoms with Crippen LogP contribution in [0.3, 0.4) is 0 Å². The average molecular weight is 354 g/mol. The third kappa shape index (κ3) is 3.36. The minimum Gasteiger partial charge on any atom is -0.373 e. The van der Waals surface area contributed by atoms with Crippen LogP contribution in [0.15, 0.2) is 5.38 Å². The molecule has 0 aromatic carbocycles. The van der Waals surface area contributed by atoms with E-state index in [1.807, 2.05) is 5.38 Å². The number of carbonyl (C=O) groups is 2. The summed E-state index contributed by atoms with van der Waals surface area (Å²) in [6.45, 7) is 0. The number of aliphatic hydroxyl groups excluding tert-OH is 1. The quantitative estimate of drug-likeness (QED) is 0.546. The molecule has 1 aromatic rings. The maximum absolute atomic E-state index is 12.2. The zero-order chi connectivity index (χ0) is 16.6. The first-order valence-corrected chi connectivity index (χ1v) is 9.12. The Labute approximate surface area is 141 Å². The predicted octanol–water partition coefficient (Wildman–Crippen LogP) is 1.40. The number of rotatable bonds is 5. The second kappa shape index (κ2) is 6.50. The zero-order valence-corrected chi connectivity index (χ0v) is 13.9. The van der Waals surface area contributed by atoms with Crippen molar-refractivity contribution in [1.29, 1.82) is 5.41 Å². The Balaban J connectivity index is 1.69. The number of thioether (sulfide) groups is 1. The van der Waals surface area contributed by atoms with E-state index >= 15 is 0 Å². The lowest BCUT2D eigenvalue weighted by Gasteiger charge is -2.25. The van der Waals surface area contributed by atoms with Gasteiger partial charge in [-0.25, -0.2) is 0 Å². The minimum atomic E-state index is -0.914. The Morgan fingerprint density at radius 3 is 2.74 bits per heavy atom. The molecule has 2 atom stereocenters. The van der Waals surface area contributed by atoms with Gasteiger partial charge in [0.25, 0.3) is 5.91 Å². The molecule has 2 amide bonds.